The summed E-state index contributed by atoms with van der Waals surface area (Å²) in [5.74, 6) is -0.328. The molecule has 80 valence electrons. The molecule has 2 heteroatoms. The van der Waals surface area contributed by atoms with E-state index in [1.54, 1.807) is 19.1 Å². The molecule has 2 nitrogen and oxygen atoms in total. The first kappa shape index (κ1) is 15.2. The molecule has 0 saturated carbocycles. The smallest absolute Gasteiger partial charge is 0.338 e. The fourth-order valence-corrected chi connectivity index (χ4v) is 0.634. The standard InChI is InChI=1S/C10H14O2.C2H6/c1-4-7-8-9(5-2)10(11)12-6-3;1-2/h4-5,7-8H,2,6H2,1,3H3;1-2H3/b7-4-,9-8+;. The van der Waals surface area contributed by atoms with Gasteiger partial charge in [-0.1, -0.05) is 38.7 Å². The van der Waals surface area contributed by atoms with Gasteiger partial charge in [0.25, 0.3) is 0 Å². The van der Waals surface area contributed by atoms with Crippen molar-refractivity contribution in [2.45, 2.75) is 27.7 Å². The first-order valence-electron chi connectivity index (χ1n) is 4.88. The lowest BCUT2D eigenvalue weighted by molar-refractivity contribution is -0.138. The molecule has 0 radical (unpaired) electrons. The van der Waals surface area contributed by atoms with Gasteiger partial charge in [0.15, 0.2) is 0 Å². The van der Waals surface area contributed by atoms with Gasteiger partial charge in [-0.2, -0.15) is 0 Å². The van der Waals surface area contributed by atoms with E-state index in [1.807, 2.05) is 26.8 Å². The van der Waals surface area contributed by atoms with Gasteiger partial charge in [-0.25, -0.2) is 4.79 Å². The Balaban J connectivity index is 0. The molecule has 0 atom stereocenters. The Kier molecular flexibility index (Phi) is 12.7. The summed E-state index contributed by atoms with van der Waals surface area (Å²) in [4.78, 5) is 11.1. The van der Waals surface area contributed by atoms with Gasteiger partial charge in [0.1, 0.15) is 0 Å². The number of ether oxygens (including phenoxy) is 1. The monoisotopic (exact) mass is 196 g/mol. The highest BCUT2D eigenvalue weighted by Gasteiger charge is 2.03. The third-order valence-electron chi connectivity index (χ3n) is 1.20. The van der Waals surface area contributed by atoms with Crippen LogP contribution in [0, 0.1) is 0 Å². The van der Waals surface area contributed by atoms with Crippen molar-refractivity contribution in [3.8, 4) is 0 Å². The minimum atomic E-state index is -0.328. The van der Waals surface area contributed by atoms with Crippen molar-refractivity contribution in [1.82, 2.24) is 0 Å². The maximum absolute atomic E-state index is 11.1. The van der Waals surface area contributed by atoms with Crippen molar-refractivity contribution in [2.24, 2.45) is 0 Å². The second-order valence-electron chi connectivity index (χ2n) is 2.07. The van der Waals surface area contributed by atoms with Gasteiger partial charge in [-0.05, 0) is 19.9 Å². The largest absolute Gasteiger partial charge is 0.462 e. The van der Waals surface area contributed by atoms with E-state index in [0.29, 0.717) is 12.2 Å². The number of hydrogen-bond donors (Lipinski definition) is 0. The molecule has 0 unspecified atom stereocenters. The molecule has 0 amide bonds. The van der Waals surface area contributed by atoms with Gasteiger partial charge in [0.2, 0.25) is 0 Å². The summed E-state index contributed by atoms with van der Waals surface area (Å²) in [7, 11) is 0. The second kappa shape index (κ2) is 11.7. The molecular weight excluding hydrogens is 176 g/mol. The Morgan fingerprint density at radius 2 is 2.00 bits per heavy atom. The molecule has 0 aromatic carbocycles. The van der Waals surface area contributed by atoms with Gasteiger partial charge < -0.3 is 4.74 Å². The highest BCUT2D eigenvalue weighted by atomic mass is 16.5. The van der Waals surface area contributed by atoms with Gasteiger partial charge >= 0.3 is 5.97 Å². The van der Waals surface area contributed by atoms with Gasteiger partial charge in [-0.15, -0.1) is 0 Å². The van der Waals surface area contributed by atoms with Crippen molar-refractivity contribution in [1.29, 1.82) is 0 Å². The van der Waals surface area contributed by atoms with Crippen molar-refractivity contribution in [3.63, 3.8) is 0 Å². The van der Waals surface area contributed by atoms with E-state index in [0.717, 1.165) is 0 Å². The molecule has 0 aliphatic carbocycles. The number of esters is 1. The highest BCUT2D eigenvalue weighted by Crippen LogP contribution is 1.99. The lowest BCUT2D eigenvalue weighted by atomic mass is 10.2. The van der Waals surface area contributed by atoms with E-state index in [9.17, 15) is 4.79 Å². The molecule has 0 aromatic heterocycles. The van der Waals surface area contributed by atoms with Crippen LogP contribution in [0.2, 0.25) is 0 Å². The van der Waals surface area contributed by atoms with E-state index in [2.05, 4.69) is 6.58 Å². The number of allylic oxidation sites excluding steroid dienone is 3. The predicted octanol–water partition coefficient (Wildman–Crippen LogP) is 3.26. The zero-order valence-corrected chi connectivity index (χ0v) is 9.54. The topological polar surface area (TPSA) is 26.3 Å². The summed E-state index contributed by atoms with van der Waals surface area (Å²) in [5, 5.41) is 0. The van der Waals surface area contributed by atoms with Crippen molar-refractivity contribution < 1.29 is 9.53 Å². The molecule has 0 spiro atoms. The van der Waals surface area contributed by atoms with Crippen LogP contribution in [0.15, 0.2) is 36.5 Å². The van der Waals surface area contributed by atoms with Gasteiger partial charge in [0.05, 0.1) is 12.2 Å². The van der Waals surface area contributed by atoms with E-state index in [4.69, 9.17) is 4.74 Å². The Bertz CT molecular complexity index is 212. The fourth-order valence-electron chi connectivity index (χ4n) is 0.634. The van der Waals surface area contributed by atoms with Gasteiger partial charge in [-0.3, -0.25) is 0 Å². The van der Waals surface area contributed by atoms with E-state index in [1.165, 1.54) is 6.08 Å². The minimum Gasteiger partial charge on any atom is -0.462 e. The fraction of sp³-hybridized carbons (Fsp3) is 0.417. The molecule has 0 bridgehead atoms. The number of hydrogen-bond acceptors (Lipinski definition) is 2. The maximum Gasteiger partial charge on any atom is 0.338 e. The molecular formula is C12H20O2. The quantitative estimate of drug-likeness (QED) is 0.392. The second-order valence-corrected chi connectivity index (χ2v) is 2.07. The summed E-state index contributed by atoms with van der Waals surface area (Å²) in [6.07, 6.45) is 6.76. The van der Waals surface area contributed by atoms with E-state index in [-0.39, 0.29) is 5.97 Å². The average Bonchev–Trinajstić information content (AvgIpc) is 2.22. The predicted molar refractivity (Wildman–Crippen MR) is 61.1 cm³/mol. The van der Waals surface area contributed by atoms with Crippen LogP contribution >= 0.6 is 0 Å². The average molecular weight is 196 g/mol. The Morgan fingerprint density at radius 1 is 1.43 bits per heavy atom. The van der Waals surface area contributed by atoms with Crippen molar-refractivity contribution in [2.75, 3.05) is 6.61 Å². The lowest BCUT2D eigenvalue weighted by Gasteiger charge is -1.99. The number of rotatable bonds is 4. The summed E-state index contributed by atoms with van der Waals surface area (Å²) in [6, 6.07) is 0. The molecule has 14 heavy (non-hydrogen) atoms. The summed E-state index contributed by atoms with van der Waals surface area (Å²) >= 11 is 0. The molecule has 0 aliphatic rings. The Hall–Kier alpha value is -1.31. The van der Waals surface area contributed by atoms with Crippen LogP contribution in [0.25, 0.3) is 0 Å². The summed E-state index contributed by atoms with van der Waals surface area (Å²) < 4.78 is 4.78. The van der Waals surface area contributed by atoms with Crippen LogP contribution in [-0.2, 0) is 9.53 Å². The van der Waals surface area contributed by atoms with Crippen LogP contribution in [0.1, 0.15) is 27.7 Å². The van der Waals surface area contributed by atoms with Crippen LogP contribution in [-0.4, -0.2) is 12.6 Å². The zero-order chi connectivity index (χ0) is 11.4. The highest BCUT2D eigenvalue weighted by molar-refractivity contribution is 5.91. The van der Waals surface area contributed by atoms with E-state index >= 15 is 0 Å². The van der Waals surface area contributed by atoms with Crippen LogP contribution in [0.5, 0.6) is 0 Å². The molecule has 0 N–H and O–H groups in total. The minimum absolute atomic E-state index is 0.328. The molecule has 0 fully saturated rings. The normalized spacial score (nSPS) is 10.4. The Labute approximate surface area is 87.0 Å². The third kappa shape index (κ3) is 7.35. The first-order valence-corrected chi connectivity index (χ1v) is 4.88. The third-order valence-corrected chi connectivity index (χ3v) is 1.20. The van der Waals surface area contributed by atoms with E-state index < -0.39 is 0 Å². The van der Waals surface area contributed by atoms with Crippen LogP contribution in [0.4, 0.5) is 0 Å². The number of carbonyl (C=O) groups is 1. The van der Waals surface area contributed by atoms with Crippen LogP contribution < -0.4 is 0 Å². The molecule has 0 saturated heterocycles. The number of carbonyl (C=O) groups excluding carboxylic acids is 1. The lowest BCUT2D eigenvalue weighted by Crippen LogP contribution is -2.05. The molecule has 0 heterocycles. The summed E-state index contributed by atoms with van der Waals surface area (Å²) in [6.45, 7) is 11.6. The van der Waals surface area contributed by atoms with Crippen LogP contribution in [0.3, 0.4) is 0 Å². The molecule has 0 rings (SSSR count). The maximum atomic E-state index is 11.1. The first-order chi connectivity index (χ1) is 6.76. The summed E-state index contributed by atoms with van der Waals surface area (Å²) in [5.41, 5.74) is 0.481. The molecule has 0 aromatic rings. The SMILES string of the molecule is C=C/C(=C\C=C/C)C(=O)OCC.CC. The van der Waals surface area contributed by atoms with Crippen molar-refractivity contribution >= 4 is 5.97 Å². The molecule has 0 aliphatic heterocycles. The Morgan fingerprint density at radius 3 is 2.36 bits per heavy atom. The zero-order valence-electron chi connectivity index (χ0n) is 9.54. The van der Waals surface area contributed by atoms with Gasteiger partial charge in [0, 0.05) is 0 Å². The van der Waals surface area contributed by atoms with Crippen molar-refractivity contribution in [3.05, 3.63) is 36.5 Å².